The van der Waals surface area contributed by atoms with Crippen LogP contribution in [0.5, 0.6) is 5.75 Å². The van der Waals surface area contributed by atoms with Crippen molar-refractivity contribution >= 4 is 11.4 Å². The number of nitrogen functional groups attached to an aromatic ring is 1. The van der Waals surface area contributed by atoms with Gasteiger partial charge in [0.05, 0.1) is 25.5 Å². The number of ether oxygens (including phenoxy) is 1. The minimum absolute atomic E-state index is 0.00265. The van der Waals surface area contributed by atoms with Crippen molar-refractivity contribution in [2.75, 3.05) is 50.2 Å². The lowest BCUT2D eigenvalue weighted by atomic mass is 10.2. The molecule has 0 saturated heterocycles. The smallest absolute Gasteiger partial charge is 0.142 e. The fraction of sp³-hybridized carbons (Fsp3) is 0.500. The number of rotatable bonds is 8. The molecule has 0 spiro atoms. The van der Waals surface area contributed by atoms with Crippen LogP contribution in [0.2, 0.25) is 0 Å². The molecule has 1 aromatic carbocycles. The van der Waals surface area contributed by atoms with Crippen LogP contribution < -0.4 is 15.4 Å². The predicted molar refractivity (Wildman–Crippen MR) is 69.8 cm³/mol. The molecule has 18 heavy (non-hydrogen) atoms. The van der Waals surface area contributed by atoms with Crippen molar-refractivity contribution in [3.8, 4) is 5.75 Å². The lowest BCUT2D eigenvalue weighted by molar-refractivity contribution is 0.202. The molecule has 1 rings (SSSR count). The number of hydrogen-bond donors (Lipinski definition) is 4. The summed E-state index contributed by atoms with van der Waals surface area (Å²) in [6, 6.07) is 5.23. The van der Waals surface area contributed by atoms with Crippen molar-refractivity contribution in [3.63, 3.8) is 0 Å². The number of nitrogens with zero attached hydrogens (tertiary/aromatic N) is 1. The molecular weight excluding hydrogens is 236 g/mol. The van der Waals surface area contributed by atoms with E-state index in [1.165, 1.54) is 0 Å². The average molecular weight is 256 g/mol. The molecule has 102 valence electrons. The standard InChI is InChI=1S/C12H20N2O4/c13-11-9-10(14(3-5-15)4-6-16)1-2-12(11)18-8-7-17/h1-2,9,15-17H,3-8,13H2. The predicted octanol–water partition coefficient (Wildman–Crippen LogP) is -0.569. The highest BCUT2D eigenvalue weighted by Gasteiger charge is 2.08. The largest absolute Gasteiger partial charge is 0.489 e. The Morgan fingerprint density at radius 3 is 2.22 bits per heavy atom. The van der Waals surface area contributed by atoms with E-state index >= 15 is 0 Å². The zero-order valence-corrected chi connectivity index (χ0v) is 10.2. The van der Waals surface area contributed by atoms with Crippen LogP contribution in [-0.4, -0.2) is 54.8 Å². The molecule has 6 heteroatoms. The van der Waals surface area contributed by atoms with E-state index in [0.29, 0.717) is 24.5 Å². The van der Waals surface area contributed by atoms with E-state index in [4.69, 9.17) is 25.8 Å². The number of hydrogen-bond acceptors (Lipinski definition) is 6. The van der Waals surface area contributed by atoms with E-state index in [2.05, 4.69) is 0 Å². The molecule has 0 amide bonds. The minimum atomic E-state index is -0.0671. The molecule has 0 unspecified atom stereocenters. The number of benzene rings is 1. The topological polar surface area (TPSA) is 99.2 Å². The highest BCUT2D eigenvalue weighted by molar-refractivity contribution is 5.63. The third-order valence-corrected chi connectivity index (χ3v) is 2.45. The van der Waals surface area contributed by atoms with Crippen molar-refractivity contribution < 1.29 is 20.1 Å². The fourth-order valence-corrected chi connectivity index (χ4v) is 1.63. The van der Waals surface area contributed by atoms with E-state index in [9.17, 15) is 0 Å². The van der Waals surface area contributed by atoms with Crippen molar-refractivity contribution in [1.82, 2.24) is 0 Å². The number of anilines is 2. The summed E-state index contributed by atoms with van der Waals surface area (Å²) in [5.74, 6) is 0.515. The first-order chi connectivity index (χ1) is 8.72. The molecule has 6 nitrogen and oxygen atoms in total. The highest BCUT2D eigenvalue weighted by Crippen LogP contribution is 2.27. The SMILES string of the molecule is Nc1cc(N(CCO)CCO)ccc1OCCO. The molecule has 0 radical (unpaired) electrons. The highest BCUT2D eigenvalue weighted by atomic mass is 16.5. The van der Waals surface area contributed by atoms with E-state index in [0.717, 1.165) is 5.69 Å². The van der Waals surface area contributed by atoms with E-state index in [1.807, 2.05) is 4.90 Å². The number of aliphatic hydroxyl groups is 3. The summed E-state index contributed by atoms with van der Waals surface area (Å²) >= 11 is 0. The molecule has 0 atom stereocenters. The van der Waals surface area contributed by atoms with Crippen LogP contribution in [0, 0.1) is 0 Å². The van der Waals surface area contributed by atoms with Gasteiger partial charge in [-0.15, -0.1) is 0 Å². The van der Waals surface area contributed by atoms with Crippen molar-refractivity contribution in [2.24, 2.45) is 0 Å². The maximum absolute atomic E-state index is 8.96. The second-order valence-corrected chi connectivity index (χ2v) is 3.73. The molecule has 0 aliphatic rings. The van der Waals surface area contributed by atoms with Gasteiger partial charge in [-0.2, -0.15) is 0 Å². The van der Waals surface area contributed by atoms with Crippen LogP contribution in [0.4, 0.5) is 11.4 Å². The molecule has 0 aliphatic carbocycles. The van der Waals surface area contributed by atoms with Gasteiger partial charge in [-0.25, -0.2) is 0 Å². The van der Waals surface area contributed by atoms with Crippen LogP contribution in [0.1, 0.15) is 0 Å². The summed E-state index contributed by atoms with van der Waals surface area (Å²) < 4.78 is 5.25. The second kappa shape index (κ2) is 7.75. The van der Waals surface area contributed by atoms with Gasteiger partial charge in [-0.3, -0.25) is 0 Å². The third kappa shape index (κ3) is 4.06. The van der Waals surface area contributed by atoms with Crippen LogP contribution in [-0.2, 0) is 0 Å². The molecule has 0 aliphatic heterocycles. The van der Waals surface area contributed by atoms with Crippen molar-refractivity contribution in [2.45, 2.75) is 0 Å². The van der Waals surface area contributed by atoms with Gasteiger partial charge in [0.1, 0.15) is 12.4 Å². The fourth-order valence-electron chi connectivity index (χ4n) is 1.63. The summed E-state index contributed by atoms with van der Waals surface area (Å²) in [6.45, 7) is 0.988. The Balaban J connectivity index is 2.79. The van der Waals surface area contributed by atoms with Gasteiger partial charge in [-0.05, 0) is 18.2 Å². The summed E-state index contributed by atoms with van der Waals surface area (Å²) in [5.41, 5.74) is 7.11. The van der Waals surface area contributed by atoms with E-state index in [1.54, 1.807) is 18.2 Å². The van der Waals surface area contributed by atoms with E-state index < -0.39 is 0 Å². The van der Waals surface area contributed by atoms with Gasteiger partial charge < -0.3 is 30.7 Å². The van der Waals surface area contributed by atoms with Crippen LogP contribution >= 0.6 is 0 Å². The van der Waals surface area contributed by atoms with Gasteiger partial charge in [0.15, 0.2) is 0 Å². The first-order valence-electron chi connectivity index (χ1n) is 5.82. The maximum atomic E-state index is 8.96. The van der Waals surface area contributed by atoms with Crippen molar-refractivity contribution in [1.29, 1.82) is 0 Å². The first-order valence-corrected chi connectivity index (χ1v) is 5.82. The second-order valence-electron chi connectivity index (χ2n) is 3.73. The maximum Gasteiger partial charge on any atom is 0.142 e. The molecular formula is C12H20N2O4. The minimum Gasteiger partial charge on any atom is -0.489 e. The average Bonchev–Trinajstić information content (AvgIpc) is 2.37. The number of aliphatic hydroxyl groups excluding tert-OH is 3. The Morgan fingerprint density at radius 1 is 1.06 bits per heavy atom. The molecule has 0 saturated carbocycles. The normalized spacial score (nSPS) is 10.4. The van der Waals surface area contributed by atoms with Crippen LogP contribution in [0.15, 0.2) is 18.2 Å². The zero-order valence-electron chi connectivity index (χ0n) is 10.2. The van der Waals surface area contributed by atoms with Gasteiger partial charge >= 0.3 is 0 Å². The lowest BCUT2D eigenvalue weighted by Crippen LogP contribution is -2.29. The van der Waals surface area contributed by atoms with Crippen molar-refractivity contribution in [3.05, 3.63) is 18.2 Å². The summed E-state index contributed by atoms with van der Waals surface area (Å²) in [7, 11) is 0. The third-order valence-electron chi connectivity index (χ3n) is 2.45. The lowest BCUT2D eigenvalue weighted by Gasteiger charge is -2.23. The quantitative estimate of drug-likeness (QED) is 0.465. The monoisotopic (exact) mass is 256 g/mol. The Bertz CT molecular complexity index is 354. The summed E-state index contributed by atoms with van der Waals surface area (Å²) in [5, 5.41) is 26.6. The van der Waals surface area contributed by atoms with Gasteiger partial charge in [0.25, 0.3) is 0 Å². The van der Waals surface area contributed by atoms with Gasteiger partial charge in [-0.1, -0.05) is 0 Å². The van der Waals surface area contributed by atoms with Gasteiger partial charge in [0.2, 0.25) is 0 Å². The van der Waals surface area contributed by atoms with E-state index in [-0.39, 0.29) is 26.4 Å². The summed E-state index contributed by atoms with van der Waals surface area (Å²) in [4.78, 5) is 1.83. The number of nitrogens with two attached hydrogens (primary N) is 1. The zero-order chi connectivity index (χ0) is 13.4. The molecule has 0 heterocycles. The van der Waals surface area contributed by atoms with Gasteiger partial charge in [0, 0.05) is 18.8 Å². The molecule has 0 aromatic heterocycles. The Kier molecular flexibility index (Phi) is 6.27. The first kappa shape index (κ1) is 14.6. The Hall–Kier alpha value is -1.50. The molecule has 0 fully saturated rings. The Morgan fingerprint density at radius 2 is 1.72 bits per heavy atom. The molecule has 0 bridgehead atoms. The van der Waals surface area contributed by atoms with Crippen LogP contribution in [0.25, 0.3) is 0 Å². The molecule has 5 N–H and O–H groups in total. The van der Waals surface area contributed by atoms with Crippen LogP contribution in [0.3, 0.4) is 0 Å². The molecule has 1 aromatic rings. The summed E-state index contributed by atoms with van der Waals surface area (Å²) in [6.07, 6.45) is 0. The Labute approximate surface area is 106 Å².